The van der Waals surface area contributed by atoms with Crippen LogP contribution in [0, 0.1) is 0 Å². The van der Waals surface area contributed by atoms with Gasteiger partial charge in [-0.05, 0) is 43.5 Å². The molecule has 1 fully saturated rings. The number of rotatable bonds is 5. The number of carbonyl (C=O) groups excluding carboxylic acids is 1. The molecule has 6 nitrogen and oxygen atoms in total. The summed E-state index contributed by atoms with van der Waals surface area (Å²) < 4.78 is 11.8. The molecule has 2 aromatic rings. The molecular weight excluding hydrogens is 438 g/mol. The predicted octanol–water partition coefficient (Wildman–Crippen LogP) is 3.99. The van der Waals surface area contributed by atoms with Crippen molar-refractivity contribution in [2.45, 2.75) is 43.9 Å². The minimum Gasteiger partial charge on any atom is -0.504 e. The van der Waals surface area contributed by atoms with Crippen molar-refractivity contribution < 1.29 is 24.5 Å². The Balaban J connectivity index is 1.82. The number of hydrogen-bond acceptors (Lipinski definition) is 5. The average molecular weight is 464 g/mol. The van der Waals surface area contributed by atoms with Crippen LogP contribution in [0.4, 0.5) is 0 Å². The first-order valence-corrected chi connectivity index (χ1v) is 10.4. The van der Waals surface area contributed by atoms with Gasteiger partial charge in [-0.2, -0.15) is 0 Å². The number of nitrogens with zero attached hydrogens (tertiary/aromatic N) is 1. The zero-order valence-electron chi connectivity index (χ0n) is 16.5. The van der Waals surface area contributed by atoms with E-state index in [1.165, 1.54) is 12.0 Å². The number of aromatic hydroxyl groups is 1. The predicted molar refractivity (Wildman–Crippen MR) is 114 cm³/mol. The summed E-state index contributed by atoms with van der Waals surface area (Å²) >= 11 is 3.34. The second-order valence-electron chi connectivity index (χ2n) is 7.23. The number of amides is 1. The van der Waals surface area contributed by atoms with E-state index in [1.54, 1.807) is 19.2 Å². The van der Waals surface area contributed by atoms with Crippen molar-refractivity contribution in [2.24, 2.45) is 0 Å². The fourth-order valence-electron chi connectivity index (χ4n) is 3.75. The second-order valence-corrected chi connectivity index (χ2v) is 8.15. The Kier molecular flexibility index (Phi) is 7.03. The summed E-state index contributed by atoms with van der Waals surface area (Å²) in [5.41, 5.74) is 0.121. The van der Waals surface area contributed by atoms with Crippen LogP contribution in [0.2, 0.25) is 0 Å². The molecule has 2 aromatic carbocycles. The first kappa shape index (κ1) is 21.5. The Morgan fingerprint density at radius 2 is 1.86 bits per heavy atom. The van der Waals surface area contributed by atoms with Crippen LogP contribution >= 0.6 is 15.9 Å². The van der Waals surface area contributed by atoms with Crippen LogP contribution in [0.15, 0.2) is 46.9 Å². The Morgan fingerprint density at radius 3 is 2.55 bits per heavy atom. The number of ether oxygens (including phenoxy) is 2. The molecule has 0 aromatic heterocycles. The third-order valence-corrected chi connectivity index (χ3v) is 5.81. The van der Waals surface area contributed by atoms with Crippen LogP contribution in [-0.2, 0) is 0 Å². The Morgan fingerprint density at radius 1 is 1.17 bits per heavy atom. The van der Waals surface area contributed by atoms with Crippen LogP contribution in [-0.4, -0.2) is 53.4 Å². The molecule has 3 atom stereocenters. The van der Waals surface area contributed by atoms with Gasteiger partial charge >= 0.3 is 0 Å². The van der Waals surface area contributed by atoms with Crippen molar-refractivity contribution in [3.8, 4) is 17.2 Å². The van der Waals surface area contributed by atoms with Gasteiger partial charge in [-0.25, -0.2) is 0 Å². The van der Waals surface area contributed by atoms with Gasteiger partial charge in [0.05, 0.1) is 18.7 Å². The van der Waals surface area contributed by atoms with Crippen LogP contribution in [0.1, 0.15) is 36.0 Å². The normalized spacial score (nSPS) is 21.9. The summed E-state index contributed by atoms with van der Waals surface area (Å²) in [6.07, 6.45) is 1.90. The Hall–Kier alpha value is -2.25. The summed E-state index contributed by atoms with van der Waals surface area (Å²) in [6.45, 7) is 0. The molecule has 0 saturated heterocycles. The maximum absolute atomic E-state index is 13.1. The highest BCUT2D eigenvalue weighted by molar-refractivity contribution is 9.10. The van der Waals surface area contributed by atoms with Gasteiger partial charge in [-0.3, -0.25) is 4.79 Å². The number of para-hydroxylation sites is 1. The molecule has 1 saturated carbocycles. The number of methoxy groups -OCH3 is 1. The van der Waals surface area contributed by atoms with E-state index in [0.29, 0.717) is 23.1 Å². The number of phenols is 1. The molecule has 0 heterocycles. The lowest BCUT2D eigenvalue weighted by atomic mass is 10.0. The first-order valence-electron chi connectivity index (χ1n) is 9.65. The van der Waals surface area contributed by atoms with Crippen molar-refractivity contribution in [1.29, 1.82) is 0 Å². The monoisotopic (exact) mass is 463 g/mol. The fraction of sp³-hybridized carbons (Fsp3) is 0.409. The summed E-state index contributed by atoms with van der Waals surface area (Å²) in [4.78, 5) is 14.6. The van der Waals surface area contributed by atoms with Gasteiger partial charge in [-0.15, -0.1) is 0 Å². The highest BCUT2D eigenvalue weighted by Gasteiger charge is 2.36. The van der Waals surface area contributed by atoms with E-state index in [1.807, 2.05) is 30.3 Å². The van der Waals surface area contributed by atoms with Crippen molar-refractivity contribution >= 4 is 21.8 Å². The SMILES string of the molecule is COc1cc(Br)cc(C(=O)N(C)[C@@H]2CCCC[C@@H](Oc3ccccc3)[C@@H]2O)c1O. The fourth-order valence-corrected chi connectivity index (χ4v) is 4.18. The minimum atomic E-state index is -0.845. The average Bonchev–Trinajstić information content (AvgIpc) is 2.90. The Bertz CT molecular complexity index is 845. The van der Waals surface area contributed by atoms with E-state index in [0.717, 1.165) is 12.8 Å². The zero-order valence-corrected chi connectivity index (χ0v) is 18.1. The number of hydrogen-bond donors (Lipinski definition) is 2. The number of likely N-dealkylation sites (N-methyl/N-ethyl adjacent to an activating group) is 1. The van der Waals surface area contributed by atoms with Gasteiger partial charge in [0, 0.05) is 11.5 Å². The zero-order chi connectivity index (χ0) is 21.0. The molecule has 1 aliphatic carbocycles. The molecule has 156 valence electrons. The van der Waals surface area contributed by atoms with Crippen molar-refractivity contribution in [2.75, 3.05) is 14.2 Å². The van der Waals surface area contributed by atoms with E-state index < -0.39 is 18.2 Å². The third-order valence-electron chi connectivity index (χ3n) is 5.35. The standard InChI is InChI=1S/C22H26BrNO5/c1-24(22(27)16-12-14(23)13-19(28-2)20(16)25)17-10-6-7-11-18(21(17)26)29-15-8-4-3-5-9-15/h3-5,8-9,12-13,17-18,21,25-26H,6-7,10-11H2,1-2H3/t17-,18-,21-/m1/s1. The minimum absolute atomic E-state index is 0.121. The number of carbonyl (C=O) groups is 1. The molecule has 3 rings (SSSR count). The number of halogens is 1. The first-order chi connectivity index (χ1) is 13.9. The van der Waals surface area contributed by atoms with Gasteiger partial charge in [0.25, 0.3) is 5.91 Å². The highest BCUT2D eigenvalue weighted by atomic mass is 79.9. The van der Waals surface area contributed by atoms with E-state index in [4.69, 9.17) is 9.47 Å². The Labute approximate surface area is 179 Å². The van der Waals surface area contributed by atoms with Gasteiger partial charge < -0.3 is 24.6 Å². The molecule has 1 aliphatic rings. The molecule has 29 heavy (non-hydrogen) atoms. The number of benzene rings is 2. The molecule has 0 spiro atoms. The van der Waals surface area contributed by atoms with E-state index in [2.05, 4.69) is 15.9 Å². The number of aliphatic hydroxyl groups is 1. The van der Waals surface area contributed by atoms with E-state index >= 15 is 0 Å². The summed E-state index contributed by atoms with van der Waals surface area (Å²) in [5.74, 6) is 0.308. The van der Waals surface area contributed by atoms with Gasteiger partial charge in [0.2, 0.25) is 0 Å². The summed E-state index contributed by atoms with van der Waals surface area (Å²) in [5, 5.41) is 21.5. The molecule has 0 radical (unpaired) electrons. The van der Waals surface area contributed by atoms with Crippen LogP contribution in [0.25, 0.3) is 0 Å². The third kappa shape index (κ3) is 4.85. The maximum Gasteiger partial charge on any atom is 0.257 e. The van der Waals surface area contributed by atoms with Gasteiger partial charge in [0.1, 0.15) is 18.0 Å². The van der Waals surface area contributed by atoms with E-state index in [-0.39, 0.29) is 23.0 Å². The molecule has 0 bridgehead atoms. The maximum atomic E-state index is 13.1. The molecule has 7 heteroatoms. The van der Waals surface area contributed by atoms with Crippen LogP contribution in [0.5, 0.6) is 17.2 Å². The number of aliphatic hydroxyl groups excluding tert-OH is 1. The van der Waals surface area contributed by atoms with Crippen molar-refractivity contribution in [3.63, 3.8) is 0 Å². The highest BCUT2D eigenvalue weighted by Crippen LogP contribution is 2.35. The van der Waals surface area contributed by atoms with Crippen LogP contribution < -0.4 is 9.47 Å². The van der Waals surface area contributed by atoms with Crippen molar-refractivity contribution in [1.82, 2.24) is 4.90 Å². The lowest BCUT2D eigenvalue weighted by Gasteiger charge is -2.34. The lowest BCUT2D eigenvalue weighted by molar-refractivity contribution is -0.0144. The van der Waals surface area contributed by atoms with Gasteiger partial charge in [-0.1, -0.05) is 40.5 Å². The second kappa shape index (κ2) is 9.50. The smallest absolute Gasteiger partial charge is 0.257 e. The van der Waals surface area contributed by atoms with Crippen molar-refractivity contribution in [3.05, 3.63) is 52.5 Å². The molecule has 0 unspecified atom stereocenters. The topological polar surface area (TPSA) is 79.2 Å². The molecular formula is C22H26BrNO5. The van der Waals surface area contributed by atoms with E-state index in [9.17, 15) is 15.0 Å². The van der Waals surface area contributed by atoms with Crippen LogP contribution in [0.3, 0.4) is 0 Å². The molecule has 0 aliphatic heterocycles. The quantitative estimate of drug-likeness (QED) is 0.655. The lowest BCUT2D eigenvalue weighted by Crippen LogP contribution is -2.50. The molecule has 1 amide bonds. The van der Waals surface area contributed by atoms with Gasteiger partial charge in [0.15, 0.2) is 11.5 Å². The summed E-state index contributed by atoms with van der Waals surface area (Å²) in [6, 6.07) is 12.1. The number of phenolic OH excluding ortho intramolecular Hbond substituents is 1. The largest absolute Gasteiger partial charge is 0.504 e. The summed E-state index contributed by atoms with van der Waals surface area (Å²) in [7, 11) is 3.08. The molecule has 2 N–H and O–H groups in total.